The molecule has 3 heteroatoms. The summed E-state index contributed by atoms with van der Waals surface area (Å²) in [5, 5.41) is 11.2. The first-order chi connectivity index (χ1) is 6.79. The zero-order valence-corrected chi connectivity index (χ0v) is 7.66. The second kappa shape index (κ2) is 5.79. The van der Waals surface area contributed by atoms with Gasteiger partial charge in [0.1, 0.15) is 0 Å². The lowest BCUT2D eigenvalue weighted by Gasteiger charge is -1.99. The number of hydrogen-bond acceptors (Lipinski definition) is 2. The van der Waals surface area contributed by atoms with Crippen LogP contribution in [0.5, 0.6) is 0 Å². The Balaban J connectivity index is 2.24. The molecular formula is C11H11NO2. The van der Waals surface area contributed by atoms with Crippen LogP contribution < -0.4 is 5.32 Å². The molecule has 0 saturated heterocycles. The molecule has 0 fully saturated rings. The lowest BCUT2D eigenvalue weighted by atomic mass is 10.2. The Morgan fingerprint density at radius 1 is 1.36 bits per heavy atom. The summed E-state index contributed by atoms with van der Waals surface area (Å²) in [6.45, 7) is 1.09. The first kappa shape index (κ1) is 10.3. The Kier molecular flexibility index (Phi) is 4.25. The quantitative estimate of drug-likeness (QED) is 0.547. The van der Waals surface area contributed by atoms with Crippen LogP contribution in [-0.2, 0) is 11.3 Å². The van der Waals surface area contributed by atoms with Gasteiger partial charge in [0.25, 0.3) is 0 Å². The smallest absolute Gasteiger partial charge is 0.381 e. The van der Waals surface area contributed by atoms with Crippen molar-refractivity contribution < 1.29 is 9.90 Å². The molecule has 1 aromatic carbocycles. The molecule has 1 rings (SSSR count). The van der Waals surface area contributed by atoms with Gasteiger partial charge in [0.15, 0.2) is 0 Å². The van der Waals surface area contributed by atoms with Crippen LogP contribution in [0, 0.1) is 11.8 Å². The number of hydrogen-bond donors (Lipinski definition) is 2. The summed E-state index contributed by atoms with van der Waals surface area (Å²) in [4.78, 5) is 10.0. The lowest BCUT2D eigenvalue weighted by molar-refractivity contribution is -0.130. The third-order valence-electron chi connectivity index (χ3n) is 1.58. The van der Waals surface area contributed by atoms with Gasteiger partial charge in [0, 0.05) is 12.5 Å². The summed E-state index contributed by atoms with van der Waals surface area (Å²) >= 11 is 0. The van der Waals surface area contributed by atoms with E-state index < -0.39 is 5.97 Å². The second-order valence-electron chi connectivity index (χ2n) is 2.70. The summed E-state index contributed by atoms with van der Waals surface area (Å²) in [6, 6.07) is 9.86. The van der Waals surface area contributed by atoms with E-state index in [0.717, 1.165) is 5.56 Å². The van der Waals surface area contributed by atoms with Gasteiger partial charge < -0.3 is 10.4 Å². The Labute approximate surface area is 82.8 Å². The Morgan fingerprint density at radius 2 is 2.07 bits per heavy atom. The number of carboxylic acids is 1. The van der Waals surface area contributed by atoms with Gasteiger partial charge in [-0.25, -0.2) is 4.79 Å². The lowest BCUT2D eigenvalue weighted by Crippen LogP contribution is -2.13. The fourth-order valence-corrected chi connectivity index (χ4v) is 0.985. The monoisotopic (exact) mass is 189 g/mol. The molecule has 0 amide bonds. The van der Waals surface area contributed by atoms with Crippen LogP contribution in [0.25, 0.3) is 0 Å². The normalized spacial score (nSPS) is 8.86. The van der Waals surface area contributed by atoms with Crippen LogP contribution in [0.15, 0.2) is 30.3 Å². The Hall–Kier alpha value is -1.79. The fraction of sp³-hybridized carbons (Fsp3) is 0.182. The highest BCUT2D eigenvalue weighted by molar-refractivity contribution is 5.86. The zero-order valence-electron chi connectivity index (χ0n) is 7.66. The van der Waals surface area contributed by atoms with Crippen molar-refractivity contribution >= 4 is 5.97 Å². The molecule has 0 bridgehead atoms. The van der Waals surface area contributed by atoms with Gasteiger partial charge in [0.2, 0.25) is 0 Å². The van der Waals surface area contributed by atoms with E-state index in [0.29, 0.717) is 13.1 Å². The van der Waals surface area contributed by atoms with Crippen molar-refractivity contribution in [3.8, 4) is 11.8 Å². The van der Waals surface area contributed by atoms with Crippen molar-refractivity contribution in [2.75, 3.05) is 6.54 Å². The molecule has 14 heavy (non-hydrogen) atoms. The van der Waals surface area contributed by atoms with Crippen molar-refractivity contribution in [1.29, 1.82) is 0 Å². The van der Waals surface area contributed by atoms with E-state index in [1.54, 1.807) is 0 Å². The van der Waals surface area contributed by atoms with Gasteiger partial charge in [-0.05, 0) is 5.56 Å². The fourth-order valence-electron chi connectivity index (χ4n) is 0.985. The summed E-state index contributed by atoms with van der Waals surface area (Å²) < 4.78 is 0. The SMILES string of the molecule is O=C(O)C#CCNCc1ccccc1. The predicted molar refractivity (Wildman–Crippen MR) is 53.6 cm³/mol. The number of benzene rings is 1. The van der Waals surface area contributed by atoms with E-state index >= 15 is 0 Å². The van der Waals surface area contributed by atoms with E-state index in [9.17, 15) is 4.79 Å². The summed E-state index contributed by atoms with van der Waals surface area (Å²) in [5.74, 6) is 3.44. The molecule has 0 spiro atoms. The van der Waals surface area contributed by atoms with Gasteiger partial charge >= 0.3 is 5.97 Å². The third kappa shape index (κ3) is 4.29. The van der Waals surface area contributed by atoms with Crippen LogP contribution in [0.3, 0.4) is 0 Å². The molecule has 0 aromatic heterocycles. The number of rotatable bonds is 3. The maximum Gasteiger partial charge on any atom is 0.381 e. The highest BCUT2D eigenvalue weighted by Gasteiger charge is 1.88. The molecule has 0 atom stereocenters. The number of aliphatic carboxylic acids is 1. The number of carbonyl (C=O) groups is 1. The minimum atomic E-state index is -1.09. The van der Waals surface area contributed by atoms with E-state index in [-0.39, 0.29) is 0 Å². The predicted octanol–water partition coefficient (Wildman–Crippen LogP) is 0.864. The average molecular weight is 189 g/mol. The molecule has 3 nitrogen and oxygen atoms in total. The second-order valence-corrected chi connectivity index (χ2v) is 2.70. The van der Waals surface area contributed by atoms with Crippen molar-refractivity contribution in [2.45, 2.75) is 6.54 Å². The summed E-state index contributed by atoms with van der Waals surface area (Å²) in [6.07, 6.45) is 0. The molecule has 1 aromatic rings. The van der Waals surface area contributed by atoms with Crippen LogP contribution in [0.4, 0.5) is 0 Å². The van der Waals surface area contributed by atoms with Gasteiger partial charge in [-0.15, -0.1) is 0 Å². The molecule has 0 radical (unpaired) electrons. The van der Waals surface area contributed by atoms with Gasteiger partial charge in [-0.2, -0.15) is 0 Å². The van der Waals surface area contributed by atoms with E-state index in [1.165, 1.54) is 0 Å². The van der Waals surface area contributed by atoms with Crippen LogP contribution in [-0.4, -0.2) is 17.6 Å². The van der Waals surface area contributed by atoms with E-state index in [2.05, 4.69) is 11.2 Å². The Morgan fingerprint density at radius 3 is 2.71 bits per heavy atom. The van der Waals surface area contributed by atoms with Crippen molar-refractivity contribution in [2.24, 2.45) is 0 Å². The standard InChI is InChI=1S/C11H11NO2/c13-11(14)7-4-8-12-9-10-5-2-1-3-6-10/h1-3,5-6,12H,8-9H2,(H,13,14). The molecule has 0 aliphatic carbocycles. The van der Waals surface area contributed by atoms with Crippen molar-refractivity contribution in [3.05, 3.63) is 35.9 Å². The van der Waals surface area contributed by atoms with Gasteiger partial charge in [-0.1, -0.05) is 36.3 Å². The highest BCUT2D eigenvalue weighted by atomic mass is 16.4. The third-order valence-corrected chi connectivity index (χ3v) is 1.58. The molecule has 72 valence electrons. The minimum Gasteiger partial charge on any atom is -0.472 e. The number of nitrogens with one attached hydrogen (secondary N) is 1. The first-order valence-corrected chi connectivity index (χ1v) is 4.25. The molecule has 0 aliphatic heterocycles. The van der Waals surface area contributed by atoms with Gasteiger partial charge in [-0.3, -0.25) is 0 Å². The first-order valence-electron chi connectivity index (χ1n) is 4.25. The van der Waals surface area contributed by atoms with E-state index in [4.69, 9.17) is 5.11 Å². The molecule has 0 saturated carbocycles. The highest BCUT2D eigenvalue weighted by Crippen LogP contribution is 1.96. The van der Waals surface area contributed by atoms with Crippen LogP contribution in [0.1, 0.15) is 5.56 Å². The number of carboxylic acid groups (broad SMARTS) is 1. The van der Waals surface area contributed by atoms with Crippen molar-refractivity contribution in [3.63, 3.8) is 0 Å². The van der Waals surface area contributed by atoms with Crippen LogP contribution in [0.2, 0.25) is 0 Å². The van der Waals surface area contributed by atoms with Gasteiger partial charge in [0.05, 0.1) is 6.54 Å². The van der Waals surface area contributed by atoms with Crippen molar-refractivity contribution in [1.82, 2.24) is 5.32 Å². The van der Waals surface area contributed by atoms with E-state index in [1.807, 2.05) is 36.3 Å². The topological polar surface area (TPSA) is 49.3 Å². The average Bonchev–Trinajstić information content (AvgIpc) is 2.18. The molecule has 0 unspecified atom stereocenters. The Bertz CT molecular complexity index is 349. The molecule has 2 N–H and O–H groups in total. The largest absolute Gasteiger partial charge is 0.472 e. The zero-order chi connectivity index (χ0) is 10.2. The molecular weight excluding hydrogens is 178 g/mol. The maximum atomic E-state index is 10.0. The maximum absolute atomic E-state index is 10.0. The molecule has 0 heterocycles. The summed E-state index contributed by atoms with van der Waals surface area (Å²) in [5.41, 5.74) is 1.16. The minimum absolute atomic E-state index is 0.390. The van der Waals surface area contributed by atoms with Crippen LogP contribution >= 0.6 is 0 Å². The molecule has 0 aliphatic rings. The summed E-state index contributed by atoms with van der Waals surface area (Å²) in [7, 11) is 0.